The van der Waals surface area contributed by atoms with Crippen molar-refractivity contribution in [1.29, 1.82) is 0 Å². The molecule has 0 fully saturated rings. The summed E-state index contributed by atoms with van der Waals surface area (Å²) in [5, 5.41) is 16.3. The van der Waals surface area contributed by atoms with Crippen molar-refractivity contribution in [2.75, 3.05) is 5.32 Å². The van der Waals surface area contributed by atoms with Crippen molar-refractivity contribution in [3.8, 4) is 11.4 Å². The molecule has 0 spiro atoms. The van der Waals surface area contributed by atoms with Gasteiger partial charge < -0.3 is 19.5 Å². The Hall–Kier alpha value is -2.87. The van der Waals surface area contributed by atoms with E-state index < -0.39 is 5.97 Å². The van der Waals surface area contributed by atoms with Crippen molar-refractivity contribution in [2.45, 2.75) is 6.54 Å². The molecular weight excluding hydrogens is 322 g/mol. The Kier molecular flexibility index (Phi) is 3.98. The smallest absolute Gasteiger partial charge is 0.354 e. The average molecular weight is 334 g/mol. The van der Waals surface area contributed by atoms with Crippen molar-refractivity contribution in [2.24, 2.45) is 7.05 Å². The number of halogens is 1. The van der Waals surface area contributed by atoms with Gasteiger partial charge in [0.15, 0.2) is 0 Å². The van der Waals surface area contributed by atoms with Gasteiger partial charge in [-0.3, -0.25) is 0 Å². The second-order valence-electron chi connectivity index (χ2n) is 4.71. The summed E-state index contributed by atoms with van der Waals surface area (Å²) >= 11 is 5.93. The first-order valence-corrected chi connectivity index (χ1v) is 7.00. The summed E-state index contributed by atoms with van der Waals surface area (Å²) in [5.74, 6) is -0.0988. The van der Waals surface area contributed by atoms with Crippen molar-refractivity contribution >= 4 is 23.6 Å². The van der Waals surface area contributed by atoms with E-state index in [0.29, 0.717) is 16.7 Å². The summed E-state index contributed by atoms with van der Waals surface area (Å²) in [7, 11) is 1.62. The molecule has 3 aromatic rings. The molecule has 0 aliphatic carbocycles. The summed E-state index contributed by atoms with van der Waals surface area (Å²) in [4.78, 5) is 19.2. The highest BCUT2D eigenvalue weighted by atomic mass is 35.5. The average Bonchev–Trinajstić information content (AvgIpc) is 3.12. The van der Waals surface area contributed by atoms with Gasteiger partial charge in [0.05, 0.1) is 12.7 Å². The number of carboxylic acid groups (broad SMARTS) is 1. The standard InChI is InChI=1S/C14H12ClN5O3/c1-20-10(13(21)22)6-16-11(20)7-17-14-18-12(19-23-14)8-3-2-4-9(15)5-8/h2-6H,7H2,1H3,(H,21,22)(H,17,18,19). The lowest BCUT2D eigenvalue weighted by Gasteiger charge is -2.03. The fourth-order valence-electron chi connectivity index (χ4n) is 2.01. The molecule has 0 radical (unpaired) electrons. The van der Waals surface area contributed by atoms with Gasteiger partial charge in [-0.25, -0.2) is 9.78 Å². The third-order valence-electron chi connectivity index (χ3n) is 3.21. The summed E-state index contributed by atoms with van der Waals surface area (Å²) in [6.07, 6.45) is 1.30. The predicted octanol–water partition coefficient (Wildman–Crippen LogP) is 2.43. The highest BCUT2D eigenvalue weighted by molar-refractivity contribution is 6.30. The SMILES string of the molecule is Cn1c(C(=O)O)cnc1CNc1nc(-c2cccc(Cl)c2)no1. The first-order valence-electron chi connectivity index (χ1n) is 6.62. The van der Waals surface area contributed by atoms with Crippen LogP contribution < -0.4 is 5.32 Å². The zero-order chi connectivity index (χ0) is 16.4. The Morgan fingerprint density at radius 2 is 2.30 bits per heavy atom. The fourth-order valence-corrected chi connectivity index (χ4v) is 2.20. The topological polar surface area (TPSA) is 106 Å². The number of aromatic carboxylic acids is 1. The van der Waals surface area contributed by atoms with Crippen molar-refractivity contribution in [1.82, 2.24) is 19.7 Å². The maximum absolute atomic E-state index is 11.0. The minimum Gasteiger partial charge on any atom is -0.477 e. The van der Waals surface area contributed by atoms with Crippen LogP contribution in [0.2, 0.25) is 5.02 Å². The Bertz CT molecular complexity index is 858. The molecule has 9 heteroatoms. The molecule has 3 rings (SSSR count). The number of imidazole rings is 1. The van der Waals surface area contributed by atoms with Gasteiger partial charge >= 0.3 is 12.0 Å². The van der Waals surface area contributed by atoms with E-state index in [1.54, 1.807) is 25.2 Å². The highest BCUT2D eigenvalue weighted by Gasteiger charge is 2.14. The van der Waals surface area contributed by atoms with Crippen LogP contribution in [-0.2, 0) is 13.6 Å². The summed E-state index contributed by atoms with van der Waals surface area (Å²) < 4.78 is 6.58. The number of carboxylic acids is 1. The van der Waals surface area contributed by atoms with Gasteiger partial charge in [0.2, 0.25) is 5.82 Å². The number of benzene rings is 1. The van der Waals surface area contributed by atoms with Crippen LogP contribution in [0.4, 0.5) is 6.01 Å². The lowest BCUT2D eigenvalue weighted by Crippen LogP contribution is -2.10. The number of aromatic nitrogens is 4. The number of hydrogen-bond acceptors (Lipinski definition) is 6. The number of rotatable bonds is 5. The quantitative estimate of drug-likeness (QED) is 0.738. The molecule has 2 N–H and O–H groups in total. The zero-order valence-corrected chi connectivity index (χ0v) is 12.8. The number of nitrogens with zero attached hydrogens (tertiary/aromatic N) is 4. The number of nitrogens with one attached hydrogen (secondary N) is 1. The summed E-state index contributed by atoms with van der Waals surface area (Å²) in [6.45, 7) is 0.251. The maximum Gasteiger partial charge on any atom is 0.354 e. The zero-order valence-electron chi connectivity index (χ0n) is 12.0. The number of carbonyl (C=O) groups is 1. The van der Waals surface area contributed by atoms with E-state index in [0.717, 1.165) is 5.56 Å². The third kappa shape index (κ3) is 3.16. The van der Waals surface area contributed by atoms with Gasteiger partial charge in [-0.2, -0.15) is 4.98 Å². The molecule has 118 valence electrons. The van der Waals surface area contributed by atoms with E-state index in [4.69, 9.17) is 21.2 Å². The molecule has 0 atom stereocenters. The van der Waals surface area contributed by atoms with Gasteiger partial charge in [0, 0.05) is 17.6 Å². The Labute approximate surface area is 135 Å². The Morgan fingerprint density at radius 1 is 1.48 bits per heavy atom. The minimum atomic E-state index is -1.03. The normalized spacial score (nSPS) is 10.7. The number of hydrogen-bond donors (Lipinski definition) is 2. The Balaban J connectivity index is 1.71. The van der Waals surface area contributed by atoms with Crippen LogP contribution >= 0.6 is 11.6 Å². The third-order valence-corrected chi connectivity index (χ3v) is 3.45. The maximum atomic E-state index is 11.0. The first kappa shape index (κ1) is 15.0. The summed E-state index contributed by atoms with van der Waals surface area (Å²) in [6, 6.07) is 7.31. The molecule has 0 aliphatic rings. The molecular formula is C14H12ClN5O3. The van der Waals surface area contributed by atoms with Crippen LogP contribution in [0.3, 0.4) is 0 Å². The highest BCUT2D eigenvalue weighted by Crippen LogP contribution is 2.21. The van der Waals surface area contributed by atoms with E-state index in [1.165, 1.54) is 10.8 Å². The van der Waals surface area contributed by atoms with E-state index in [1.807, 2.05) is 6.07 Å². The lowest BCUT2D eigenvalue weighted by atomic mass is 10.2. The lowest BCUT2D eigenvalue weighted by molar-refractivity contribution is 0.0686. The van der Waals surface area contributed by atoms with Crippen LogP contribution in [0.5, 0.6) is 0 Å². The minimum absolute atomic E-state index is 0.104. The van der Waals surface area contributed by atoms with Crippen LogP contribution in [0.25, 0.3) is 11.4 Å². The largest absolute Gasteiger partial charge is 0.477 e. The van der Waals surface area contributed by atoms with Gasteiger partial charge in [0.1, 0.15) is 11.5 Å². The first-order chi connectivity index (χ1) is 11.0. The van der Waals surface area contributed by atoms with Gasteiger partial charge in [-0.1, -0.05) is 28.9 Å². The van der Waals surface area contributed by atoms with Crippen LogP contribution in [0.1, 0.15) is 16.3 Å². The molecule has 0 amide bonds. The molecule has 1 aromatic carbocycles. The van der Waals surface area contributed by atoms with Gasteiger partial charge in [-0.15, -0.1) is 0 Å². The van der Waals surface area contributed by atoms with E-state index in [-0.39, 0.29) is 18.3 Å². The van der Waals surface area contributed by atoms with Crippen LogP contribution in [0.15, 0.2) is 35.0 Å². The van der Waals surface area contributed by atoms with E-state index >= 15 is 0 Å². The molecule has 23 heavy (non-hydrogen) atoms. The summed E-state index contributed by atoms with van der Waals surface area (Å²) in [5.41, 5.74) is 0.839. The molecule has 8 nitrogen and oxygen atoms in total. The molecule has 0 unspecified atom stereocenters. The molecule has 0 aliphatic heterocycles. The molecule has 0 saturated carbocycles. The van der Waals surface area contributed by atoms with Crippen LogP contribution in [-0.4, -0.2) is 30.8 Å². The predicted molar refractivity (Wildman–Crippen MR) is 82.2 cm³/mol. The number of anilines is 1. The molecule has 0 bridgehead atoms. The van der Waals surface area contributed by atoms with Gasteiger partial charge in [0.25, 0.3) is 0 Å². The van der Waals surface area contributed by atoms with Gasteiger partial charge in [-0.05, 0) is 12.1 Å². The molecule has 2 aromatic heterocycles. The molecule has 0 saturated heterocycles. The van der Waals surface area contributed by atoms with Crippen molar-refractivity contribution in [3.05, 3.63) is 47.0 Å². The Morgan fingerprint density at radius 3 is 3.00 bits per heavy atom. The van der Waals surface area contributed by atoms with E-state index in [9.17, 15) is 4.79 Å². The second-order valence-corrected chi connectivity index (χ2v) is 5.15. The van der Waals surface area contributed by atoms with Crippen LogP contribution in [0, 0.1) is 0 Å². The van der Waals surface area contributed by atoms with E-state index in [2.05, 4.69) is 20.4 Å². The second kappa shape index (κ2) is 6.09. The molecule has 2 heterocycles. The monoisotopic (exact) mass is 333 g/mol. The fraction of sp³-hybridized carbons (Fsp3) is 0.143. The van der Waals surface area contributed by atoms with Crippen molar-refractivity contribution in [3.63, 3.8) is 0 Å². The van der Waals surface area contributed by atoms with Crippen molar-refractivity contribution < 1.29 is 14.4 Å².